The molecule has 0 aliphatic carbocycles. The molecule has 0 unspecified atom stereocenters. The summed E-state index contributed by atoms with van der Waals surface area (Å²) in [7, 11) is 0. The molecule has 0 radical (unpaired) electrons. The van der Waals surface area contributed by atoms with Gasteiger partial charge in [-0.15, -0.1) is 0 Å². The number of nitrogen functional groups attached to an aromatic ring is 1. The van der Waals surface area contributed by atoms with Crippen molar-refractivity contribution in [3.05, 3.63) is 65.7 Å². The lowest BCUT2D eigenvalue weighted by molar-refractivity contribution is -0.121. The molecule has 0 fully saturated rings. The molecular weight excluding hydrogens is 236 g/mol. The highest BCUT2D eigenvalue weighted by Crippen LogP contribution is 2.12. The summed E-state index contributed by atoms with van der Waals surface area (Å²) < 4.78 is 0. The SMILES string of the molecule is C[C@@H](NC(=O)Cc1cccc(N)c1)c1ccccc1. The molecule has 0 saturated carbocycles. The molecule has 3 nitrogen and oxygen atoms in total. The summed E-state index contributed by atoms with van der Waals surface area (Å²) >= 11 is 0. The fourth-order valence-corrected chi connectivity index (χ4v) is 2.01. The van der Waals surface area contributed by atoms with Crippen LogP contribution < -0.4 is 11.1 Å². The van der Waals surface area contributed by atoms with Crippen molar-refractivity contribution in [2.45, 2.75) is 19.4 Å². The number of hydrogen-bond donors (Lipinski definition) is 2. The third kappa shape index (κ3) is 3.85. The van der Waals surface area contributed by atoms with E-state index >= 15 is 0 Å². The summed E-state index contributed by atoms with van der Waals surface area (Å²) in [6, 6.07) is 17.3. The summed E-state index contributed by atoms with van der Waals surface area (Å²) in [5.74, 6) is 0.00181. The maximum absolute atomic E-state index is 12.0. The number of nitrogens with one attached hydrogen (secondary N) is 1. The molecule has 19 heavy (non-hydrogen) atoms. The van der Waals surface area contributed by atoms with Gasteiger partial charge in [-0.05, 0) is 30.2 Å². The number of hydrogen-bond acceptors (Lipinski definition) is 2. The lowest BCUT2D eigenvalue weighted by Crippen LogP contribution is -2.28. The molecule has 2 aromatic carbocycles. The van der Waals surface area contributed by atoms with Crippen LogP contribution in [-0.2, 0) is 11.2 Å². The van der Waals surface area contributed by atoms with E-state index < -0.39 is 0 Å². The van der Waals surface area contributed by atoms with Gasteiger partial charge in [0.25, 0.3) is 0 Å². The minimum atomic E-state index is 0.00181. The average molecular weight is 254 g/mol. The second kappa shape index (κ2) is 6.05. The summed E-state index contributed by atoms with van der Waals surface area (Å²) in [6.45, 7) is 1.98. The first-order chi connectivity index (χ1) is 9.15. The summed E-state index contributed by atoms with van der Waals surface area (Å²) in [6.07, 6.45) is 0.349. The monoisotopic (exact) mass is 254 g/mol. The summed E-state index contributed by atoms with van der Waals surface area (Å²) in [5.41, 5.74) is 8.41. The molecule has 0 saturated heterocycles. The standard InChI is InChI=1S/C16H18N2O/c1-12(14-7-3-2-4-8-14)18-16(19)11-13-6-5-9-15(17)10-13/h2-10,12H,11,17H2,1H3,(H,18,19)/t12-/m1/s1. The van der Waals surface area contributed by atoms with E-state index in [9.17, 15) is 4.79 Å². The largest absolute Gasteiger partial charge is 0.399 e. The van der Waals surface area contributed by atoms with E-state index in [0.29, 0.717) is 12.1 Å². The molecule has 0 aliphatic rings. The number of carbonyl (C=O) groups excluding carboxylic acids is 1. The fraction of sp³-hybridized carbons (Fsp3) is 0.188. The number of rotatable bonds is 4. The molecule has 2 rings (SSSR count). The van der Waals surface area contributed by atoms with E-state index in [2.05, 4.69) is 5.32 Å². The lowest BCUT2D eigenvalue weighted by atomic mass is 10.1. The Labute approximate surface area is 113 Å². The van der Waals surface area contributed by atoms with Crippen molar-refractivity contribution in [3.63, 3.8) is 0 Å². The molecule has 3 N–H and O–H groups in total. The normalized spacial score (nSPS) is 11.8. The molecule has 0 bridgehead atoms. The Bertz CT molecular complexity index is 552. The molecule has 1 amide bonds. The highest BCUT2D eigenvalue weighted by Gasteiger charge is 2.09. The van der Waals surface area contributed by atoms with Crippen LogP contribution in [0.1, 0.15) is 24.1 Å². The van der Waals surface area contributed by atoms with Crippen LogP contribution in [0, 0.1) is 0 Å². The minimum Gasteiger partial charge on any atom is -0.399 e. The van der Waals surface area contributed by atoms with Gasteiger partial charge in [0.05, 0.1) is 12.5 Å². The van der Waals surface area contributed by atoms with E-state index in [1.807, 2.05) is 61.5 Å². The van der Waals surface area contributed by atoms with E-state index in [4.69, 9.17) is 5.73 Å². The van der Waals surface area contributed by atoms with Gasteiger partial charge in [-0.2, -0.15) is 0 Å². The lowest BCUT2D eigenvalue weighted by Gasteiger charge is -2.14. The average Bonchev–Trinajstić information content (AvgIpc) is 2.39. The predicted molar refractivity (Wildman–Crippen MR) is 77.6 cm³/mol. The Morgan fingerprint density at radius 3 is 2.58 bits per heavy atom. The van der Waals surface area contributed by atoms with E-state index in [1.165, 1.54) is 0 Å². The second-order valence-electron chi connectivity index (χ2n) is 4.62. The van der Waals surface area contributed by atoms with Gasteiger partial charge in [-0.25, -0.2) is 0 Å². The Morgan fingerprint density at radius 1 is 1.16 bits per heavy atom. The first kappa shape index (κ1) is 13.1. The van der Waals surface area contributed by atoms with Gasteiger partial charge in [-0.3, -0.25) is 4.79 Å². The van der Waals surface area contributed by atoms with Crippen LogP contribution in [0.3, 0.4) is 0 Å². The Hall–Kier alpha value is -2.29. The Kier molecular flexibility index (Phi) is 4.18. The van der Waals surface area contributed by atoms with Crippen LogP contribution in [-0.4, -0.2) is 5.91 Å². The molecule has 98 valence electrons. The zero-order valence-electron chi connectivity index (χ0n) is 11.0. The van der Waals surface area contributed by atoms with Gasteiger partial charge >= 0.3 is 0 Å². The van der Waals surface area contributed by atoms with Gasteiger partial charge < -0.3 is 11.1 Å². The van der Waals surface area contributed by atoms with E-state index in [0.717, 1.165) is 11.1 Å². The molecule has 3 heteroatoms. The molecule has 0 aromatic heterocycles. The smallest absolute Gasteiger partial charge is 0.224 e. The van der Waals surface area contributed by atoms with Crippen molar-refractivity contribution in [3.8, 4) is 0 Å². The quantitative estimate of drug-likeness (QED) is 0.824. The maximum Gasteiger partial charge on any atom is 0.224 e. The third-order valence-corrected chi connectivity index (χ3v) is 2.99. The van der Waals surface area contributed by atoms with Crippen molar-refractivity contribution >= 4 is 11.6 Å². The zero-order chi connectivity index (χ0) is 13.7. The number of benzene rings is 2. The maximum atomic E-state index is 12.0. The van der Waals surface area contributed by atoms with Crippen LogP contribution in [0.5, 0.6) is 0 Å². The van der Waals surface area contributed by atoms with Crippen LogP contribution in [0.4, 0.5) is 5.69 Å². The van der Waals surface area contributed by atoms with Crippen molar-refractivity contribution < 1.29 is 4.79 Å². The number of amides is 1. The fourth-order valence-electron chi connectivity index (χ4n) is 2.01. The molecular formula is C16H18N2O. The topological polar surface area (TPSA) is 55.1 Å². The minimum absolute atomic E-state index is 0.00181. The van der Waals surface area contributed by atoms with Crippen LogP contribution in [0.15, 0.2) is 54.6 Å². The summed E-state index contributed by atoms with van der Waals surface area (Å²) in [5, 5.41) is 2.98. The van der Waals surface area contributed by atoms with Gasteiger partial charge in [-0.1, -0.05) is 42.5 Å². The Balaban J connectivity index is 1.95. The molecule has 1 atom stereocenters. The van der Waals surface area contributed by atoms with Crippen LogP contribution in [0.25, 0.3) is 0 Å². The van der Waals surface area contributed by atoms with Crippen molar-refractivity contribution in [2.75, 3.05) is 5.73 Å². The Morgan fingerprint density at radius 2 is 1.89 bits per heavy atom. The molecule has 0 heterocycles. The first-order valence-corrected chi connectivity index (χ1v) is 6.34. The molecule has 0 spiro atoms. The second-order valence-corrected chi connectivity index (χ2v) is 4.62. The molecule has 0 aliphatic heterocycles. The first-order valence-electron chi connectivity index (χ1n) is 6.34. The van der Waals surface area contributed by atoms with E-state index in [1.54, 1.807) is 0 Å². The zero-order valence-corrected chi connectivity index (χ0v) is 11.0. The van der Waals surface area contributed by atoms with Gasteiger partial charge in [0.2, 0.25) is 5.91 Å². The third-order valence-electron chi connectivity index (χ3n) is 2.99. The van der Waals surface area contributed by atoms with Crippen molar-refractivity contribution in [1.82, 2.24) is 5.32 Å². The van der Waals surface area contributed by atoms with E-state index in [-0.39, 0.29) is 11.9 Å². The molecule has 2 aromatic rings. The number of anilines is 1. The van der Waals surface area contributed by atoms with Gasteiger partial charge in [0, 0.05) is 5.69 Å². The van der Waals surface area contributed by atoms with Crippen LogP contribution in [0.2, 0.25) is 0 Å². The van der Waals surface area contributed by atoms with Crippen molar-refractivity contribution in [2.24, 2.45) is 0 Å². The van der Waals surface area contributed by atoms with Gasteiger partial charge in [0.15, 0.2) is 0 Å². The van der Waals surface area contributed by atoms with Crippen LogP contribution >= 0.6 is 0 Å². The number of nitrogens with two attached hydrogens (primary N) is 1. The summed E-state index contributed by atoms with van der Waals surface area (Å²) in [4.78, 5) is 12.0. The predicted octanol–water partition coefficient (Wildman–Crippen LogP) is 2.69. The van der Waals surface area contributed by atoms with Crippen molar-refractivity contribution in [1.29, 1.82) is 0 Å². The number of carbonyl (C=O) groups is 1. The highest BCUT2D eigenvalue weighted by molar-refractivity contribution is 5.79. The van der Waals surface area contributed by atoms with Gasteiger partial charge in [0.1, 0.15) is 0 Å². The highest BCUT2D eigenvalue weighted by atomic mass is 16.1.